The van der Waals surface area contributed by atoms with Crippen LogP contribution in [0, 0.1) is 13.8 Å². The number of carbonyl (C=O) groups excluding carboxylic acids is 2. The molecule has 0 fully saturated rings. The van der Waals surface area contributed by atoms with Crippen LogP contribution in [0.15, 0.2) is 36.4 Å². The Morgan fingerprint density at radius 1 is 1.08 bits per heavy atom. The molecule has 0 spiro atoms. The number of benzene rings is 2. The van der Waals surface area contributed by atoms with Crippen molar-refractivity contribution < 1.29 is 22.8 Å². The SMILES string of the molecule is Cc1cc(C)cc(C(=O)N2CC(=O)Nc3cc(C(F)(F)F)ccc32)c1. The first-order chi connectivity index (χ1) is 11.6. The summed E-state index contributed by atoms with van der Waals surface area (Å²) in [5, 5.41) is 2.40. The second-order valence-electron chi connectivity index (χ2n) is 6.05. The number of nitrogens with zero attached hydrogens (tertiary/aromatic N) is 1. The number of hydrogen-bond donors (Lipinski definition) is 1. The van der Waals surface area contributed by atoms with Crippen LogP contribution in [-0.2, 0) is 11.0 Å². The van der Waals surface area contributed by atoms with Gasteiger partial charge >= 0.3 is 6.18 Å². The predicted octanol–water partition coefficient (Wildman–Crippen LogP) is 3.92. The second kappa shape index (κ2) is 5.91. The Bertz CT molecular complexity index is 855. The lowest BCUT2D eigenvalue weighted by Crippen LogP contribution is -2.42. The maximum Gasteiger partial charge on any atom is 0.416 e. The molecule has 7 heteroatoms. The highest BCUT2D eigenvalue weighted by molar-refractivity contribution is 6.15. The maximum atomic E-state index is 12.9. The van der Waals surface area contributed by atoms with Gasteiger partial charge in [-0.25, -0.2) is 0 Å². The highest BCUT2D eigenvalue weighted by Gasteiger charge is 2.34. The summed E-state index contributed by atoms with van der Waals surface area (Å²) in [6.07, 6.45) is -4.53. The van der Waals surface area contributed by atoms with Crippen molar-refractivity contribution in [3.63, 3.8) is 0 Å². The number of carbonyl (C=O) groups is 2. The van der Waals surface area contributed by atoms with E-state index in [1.54, 1.807) is 12.1 Å². The first-order valence-corrected chi connectivity index (χ1v) is 7.56. The molecule has 1 aliphatic rings. The summed E-state index contributed by atoms with van der Waals surface area (Å²) in [5.41, 5.74) is 1.50. The number of hydrogen-bond acceptors (Lipinski definition) is 2. The quantitative estimate of drug-likeness (QED) is 0.849. The van der Waals surface area contributed by atoms with E-state index in [1.165, 1.54) is 11.0 Å². The molecule has 0 aromatic heterocycles. The number of fused-ring (bicyclic) bond motifs is 1. The van der Waals surface area contributed by atoms with Gasteiger partial charge in [0.2, 0.25) is 5.91 Å². The Hall–Kier alpha value is -2.83. The molecule has 2 aromatic rings. The van der Waals surface area contributed by atoms with Crippen molar-refractivity contribution in [2.45, 2.75) is 20.0 Å². The van der Waals surface area contributed by atoms with Crippen molar-refractivity contribution in [2.24, 2.45) is 0 Å². The van der Waals surface area contributed by atoms with Crippen molar-refractivity contribution in [1.29, 1.82) is 0 Å². The Labute approximate surface area is 142 Å². The zero-order valence-corrected chi connectivity index (χ0v) is 13.6. The van der Waals surface area contributed by atoms with Gasteiger partial charge in [-0.1, -0.05) is 17.2 Å². The summed E-state index contributed by atoms with van der Waals surface area (Å²) in [5.74, 6) is -0.966. The number of anilines is 2. The lowest BCUT2D eigenvalue weighted by atomic mass is 10.0. The third-order valence-corrected chi connectivity index (χ3v) is 3.90. The van der Waals surface area contributed by atoms with Crippen molar-refractivity contribution in [3.05, 3.63) is 58.7 Å². The second-order valence-corrected chi connectivity index (χ2v) is 6.05. The van der Waals surface area contributed by atoms with Crippen LogP contribution in [-0.4, -0.2) is 18.4 Å². The average Bonchev–Trinajstić information content (AvgIpc) is 2.51. The Balaban J connectivity index is 2.04. The molecule has 0 radical (unpaired) electrons. The van der Waals surface area contributed by atoms with Crippen LogP contribution in [0.5, 0.6) is 0 Å². The largest absolute Gasteiger partial charge is 0.416 e. The van der Waals surface area contributed by atoms with Gasteiger partial charge in [0.15, 0.2) is 0 Å². The van der Waals surface area contributed by atoms with Crippen molar-refractivity contribution in [3.8, 4) is 0 Å². The number of rotatable bonds is 1. The molecule has 130 valence electrons. The highest BCUT2D eigenvalue weighted by Crippen LogP contribution is 2.37. The fourth-order valence-electron chi connectivity index (χ4n) is 2.90. The van der Waals surface area contributed by atoms with Crippen LogP contribution in [0.4, 0.5) is 24.5 Å². The number of halogens is 3. The number of nitrogens with one attached hydrogen (secondary N) is 1. The third-order valence-electron chi connectivity index (χ3n) is 3.90. The fraction of sp³-hybridized carbons (Fsp3) is 0.222. The Kier molecular flexibility index (Phi) is 4.02. The average molecular weight is 348 g/mol. The van der Waals surface area contributed by atoms with Gasteiger partial charge in [-0.05, 0) is 44.2 Å². The molecule has 0 atom stereocenters. The van der Waals surface area contributed by atoms with Gasteiger partial charge in [0, 0.05) is 5.56 Å². The molecule has 1 N–H and O–H groups in total. The molecule has 0 aliphatic carbocycles. The van der Waals surface area contributed by atoms with Gasteiger partial charge in [-0.15, -0.1) is 0 Å². The topological polar surface area (TPSA) is 49.4 Å². The molecule has 2 amide bonds. The standard InChI is InChI=1S/C18H15F3N2O2/c1-10-5-11(2)7-12(6-10)17(25)23-9-16(24)22-14-8-13(18(19,20)21)3-4-15(14)23/h3-8H,9H2,1-2H3,(H,22,24). The van der Waals surface area contributed by atoms with E-state index in [1.807, 2.05) is 19.9 Å². The van der Waals surface area contributed by atoms with Gasteiger partial charge < -0.3 is 5.32 Å². The molecule has 2 aromatic carbocycles. The van der Waals surface area contributed by atoms with Crippen molar-refractivity contribution in [2.75, 3.05) is 16.8 Å². The van der Waals surface area contributed by atoms with Crippen molar-refractivity contribution >= 4 is 23.2 Å². The lowest BCUT2D eigenvalue weighted by molar-refractivity contribution is -0.137. The zero-order valence-electron chi connectivity index (χ0n) is 13.6. The van der Waals surface area contributed by atoms with Crippen LogP contribution < -0.4 is 10.2 Å². The van der Waals surface area contributed by atoms with Crippen molar-refractivity contribution in [1.82, 2.24) is 0 Å². The van der Waals surface area contributed by atoms with Crippen LogP contribution >= 0.6 is 0 Å². The molecule has 0 saturated carbocycles. The summed E-state index contributed by atoms with van der Waals surface area (Å²) in [6.45, 7) is 3.44. The van der Waals surface area contributed by atoms with Gasteiger partial charge in [0.25, 0.3) is 5.91 Å². The van der Waals surface area contributed by atoms with E-state index in [0.717, 1.165) is 23.3 Å². The van der Waals surface area contributed by atoms with Gasteiger partial charge in [-0.2, -0.15) is 13.2 Å². The molecule has 0 saturated heterocycles. The first kappa shape index (κ1) is 17.0. The van der Waals surface area contributed by atoms with E-state index < -0.39 is 23.6 Å². The smallest absolute Gasteiger partial charge is 0.323 e. The van der Waals surface area contributed by atoms with E-state index in [2.05, 4.69) is 5.32 Å². The minimum absolute atomic E-state index is 0.0243. The van der Waals surface area contributed by atoms with E-state index in [9.17, 15) is 22.8 Å². The molecule has 0 unspecified atom stereocenters. The minimum Gasteiger partial charge on any atom is -0.323 e. The fourth-order valence-corrected chi connectivity index (χ4v) is 2.90. The predicted molar refractivity (Wildman–Crippen MR) is 87.7 cm³/mol. The van der Waals surface area contributed by atoms with E-state index in [4.69, 9.17) is 0 Å². The van der Waals surface area contributed by atoms with Crippen LogP contribution in [0.25, 0.3) is 0 Å². The normalized spacial score (nSPS) is 14.1. The van der Waals surface area contributed by atoms with Crippen LogP contribution in [0.1, 0.15) is 27.0 Å². The molecule has 0 bridgehead atoms. The molecule has 1 aliphatic heterocycles. The van der Waals surface area contributed by atoms with Gasteiger partial charge in [0.1, 0.15) is 6.54 Å². The number of amides is 2. The summed E-state index contributed by atoms with van der Waals surface area (Å²) in [6, 6.07) is 8.23. The Morgan fingerprint density at radius 3 is 2.32 bits per heavy atom. The van der Waals surface area contributed by atoms with Crippen LogP contribution in [0.3, 0.4) is 0 Å². The lowest BCUT2D eigenvalue weighted by Gasteiger charge is -2.30. The first-order valence-electron chi connectivity index (χ1n) is 7.56. The molecular weight excluding hydrogens is 333 g/mol. The molecular formula is C18H15F3N2O2. The summed E-state index contributed by atoms with van der Waals surface area (Å²) in [4.78, 5) is 25.9. The maximum absolute atomic E-state index is 12.9. The Morgan fingerprint density at radius 2 is 1.72 bits per heavy atom. The highest BCUT2D eigenvalue weighted by atomic mass is 19.4. The molecule has 3 rings (SSSR count). The molecule has 25 heavy (non-hydrogen) atoms. The van der Waals surface area contributed by atoms with E-state index in [0.29, 0.717) is 5.56 Å². The minimum atomic E-state index is -4.53. The molecule has 4 nitrogen and oxygen atoms in total. The number of alkyl halides is 3. The summed E-state index contributed by atoms with van der Waals surface area (Å²) < 4.78 is 38.6. The summed E-state index contributed by atoms with van der Waals surface area (Å²) >= 11 is 0. The number of aryl methyl sites for hydroxylation is 2. The van der Waals surface area contributed by atoms with E-state index in [-0.39, 0.29) is 17.9 Å². The van der Waals surface area contributed by atoms with Gasteiger partial charge in [-0.3, -0.25) is 14.5 Å². The zero-order chi connectivity index (χ0) is 18.4. The van der Waals surface area contributed by atoms with Gasteiger partial charge in [0.05, 0.1) is 16.9 Å². The monoisotopic (exact) mass is 348 g/mol. The molecule has 1 heterocycles. The summed E-state index contributed by atoms with van der Waals surface area (Å²) in [7, 11) is 0. The third kappa shape index (κ3) is 3.35. The van der Waals surface area contributed by atoms with Crippen LogP contribution in [0.2, 0.25) is 0 Å². The van der Waals surface area contributed by atoms with E-state index >= 15 is 0 Å².